The van der Waals surface area contributed by atoms with E-state index in [1.807, 2.05) is 0 Å². The molecule has 2 aromatic rings. The van der Waals surface area contributed by atoms with E-state index in [4.69, 9.17) is 16.3 Å². The molecular weight excluding hydrogens is 510 g/mol. The lowest BCUT2D eigenvalue weighted by molar-refractivity contribution is 0.0497. The summed E-state index contributed by atoms with van der Waals surface area (Å²) >= 11 is 6.11. The Balaban J connectivity index is 1.64. The van der Waals surface area contributed by atoms with E-state index < -0.39 is 16.0 Å². The van der Waals surface area contributed by atoms with Crippen molar-refractivity contribution in [2.45, 2.75) is 102 Å². The number of aromatic hydroxyl groups is 1. The minimum Gasteiger partial charge on any atom is -0.508 e. The molecule has 0 aromatic heterocycles. The molecule has 0 spiro atoms. The number of rotatable bonds is 19. The summed E-state index contributed by atoms with van der Waals surface area (Å²) in [7, 11) is -4.04. The Hall–Kier alpha value is -2.25. The molecule has 206 valence electrons. The molecule has 0 aliphatic heterocycles. The van der Waals surface area contributed by atoms with E-state index in [2.05, 4.69) is 11.6 Å². The summed E-state index contributed by atoms with van der Waals surface area (Å²) in [5.74, 6) is -0.558. The summed E-state index contributed by atoms with van der Waals surface area (Å²) in [6.45, 7) is 2.55. The van der Waals surface area contributed by atoms with Crippen molar-refractivity contribution in [3.05, 3.63) is 53.1 Å². The van der Waals surface area contributed by atoms with Crippen molar-refractivity contribution in [3.63, 3.8) is 0 Å². The van der Waals surface area contributed by atoms with Gasteiger partial charge in [0.2, 0.25) is 0 Å². The standard InChI is InChI=1S/C29H42ClNO5S/c1-2-3-4-5-6-7-8-9-10-11-12-13-14-15-22-36-29(33)24-16-21-27(30)28(23-24)37(34,35)31-25-17-19-26(32)20-18-25/h16-21,23,31-32H,2-15,22H2,1H3. The summed E-state index contributed by atoms with van der Waals surface area (Å²) in [4.78, 5) is 12.2. The highest BCUT2D eigenvalue weighted by atomic mass is 35.5. The molecule has 0 saturated carbocycles. The Morgan fingerprint density at radius 3 is 1.86 bits per heavy atom. The number of benzene rings is 2. The molecule has 0 fully saturated rings. The average Bonchev–Trinajstić information content (AvgIpc) is 2.87. The number of nitrogens with one attached hydrogen (secondary N) is 1. The molecule has 8 heteroatoms. The van der Waals surface area contributed by atoms with Crippen LogP contribution in [0.5, 0.6) is 5.75 Å². The molecule has 2 N–H and O–H groups in total. The van der Waals surface area contributed by atoms with Crippen molar-refractivity contribution >= 4 is 33.3 Å². The minimum atomic E-state index is -4.04. The first kappa shape index (κ1) is 31.0. The molecule has 0 radical (unpaired) electrons. The molecule has 0 heterocycles. The zero-order chi connectivity index (χ0) is 26.9. The molecule has 2 rings (SSSR count). The van der Waals surface area contributed by atoms with Crippen molar-refractivity contribution in [2.24, 2.45) is 0 Å². The lowest BCUT2D eigenvalue weighted by Crippen LogP contribution is -2.15. The number of phenols is 1. The van der Waals surface area contributed by atoms with Crippen LogP contribution in [0.2, 0.25) is 5.02 Å². The van der Waals surface area contributed by atoms with E-state index in [1.54, 1.807) is 0 Å². The van der Waals surface area contributed by atoms with Crippen LogP contribution in [-0.4, -0.2) is 26.1 Å². The Bertz CT molecular complexity index is 1040. The predicted octanol–water partition coefficient (Wildman–Crippen LogP) is 8.48. The highest BCUT2D eigenvalue weighted by molar-refractivity contribution is 7.92. The number of unbranched alkanes of at least 4 members (excludes halogenated alkanes) is 13. The number of ether oxygens (including phenoxy) is 1. The Labute approximate surface area is 227 Å². The lowest BCUT2D eigenvalue weighted by Gasteiger charge is -2.11. The van der Waals surface area contributed by atoms with Crippen LogP contribution in [0.1, 0.15) is 107 Å². The predicted molar refractivity (Wildman–Crippen MR) is 151 cm³/mol. The number of carbonyl (C=O) groups excluding carboxylic acids is 1. The van der Waals surface area contributed by atoms with Gasteiger partial charge in [0.05, 0.1) is 17.2 Å². The average molecular weight is 552 g/mol. The normalized spacial score (nSPS) is 11.4. The van der Waals surface area contributed by atoms with Crippen molar-refractivity contribution in [3.8, 4) is 5.75 Å². The summed E-state index contributed by atoms with van der Waals surface area (Å²) in [6.07, 6.45) is 17.5. The van der Waals surface area contributed by atoms with Crippen LogP contribution in [0.4, 0.5) is 5.69 Å². The fraction of sp³-hybridized carbons (Fsp3) is 0.552. The molecule has 0 aliphatic carbocycles. The quantitative estimate of drug-likeness (QED) is 0.104. The van der Waals surface area contributed by atoms with E-state index >= 15 is 0 Å². The van der Waals surface area contributed by atoms with Crippen molar-refractivity contribution in [2.75, 3.05) is 11.3 Å². The second kappa shape index (κ2) is 17.3. The number of carbonyl (C=O) groups is 1. The summed E-state index contributed by atoms with van der Waals surface area (Å²) in [5.41, 5.74) is 0.389. The maximum Gasteiger partial charge on any atom is 0.338 e. The number of halogens is 1. The smallest absolute Gasteiger partial charge is 0.338 e. The van der Waals surface area contributed by atoms with E-state index in [-0.39, 0.29) is 26.9 Å². The highest BCUT2D eigenvalue weighted by Gasteiger charge is 2.21. The number of esters is 1. The number of anilines is 1. The van der Waals surface area contributed by atoms with Crippen molar-refractivity contribution < 1.29 is 23.1 Å². The largest absolute Gasteiger partial charge is 0.508 e. The van der Waals surface area contributed by atoms with Crippen LogP contribution in [0.3, 0.4) is 0 Å². The molecule has 0 aliphatic rings. The first-order valence-electron chi connectivity index (χ1n) is 13.6. The maximum absolute atomic E-state index is 12.8. The van der Waals surface area contributed by atoms with E-state index in [1.165, 1.54) is 113 Å². The van der Waals surface area contributed by atoms with Crippen LogP contribution in [-0.2, 0) is 14.8 Å². The number of phenolic OH excluding ortho intramolecular Hbond substituents is 1. The van der Waals surface area contributed by atoms with Gasteiger partial charge in [-0.1, -0.05) is 102 Å². The SMILES string of the molecule is CCCCCCCCCCCCCCCCOC(=O)c1ccc(Cl)c(S(=O)(=O)Nc2ccc(O)cc2)c1. The van der Waals surface area contributed by atoms with E-state index in [0.717, 1.165) is 19.3 Å². The second-order valence-electron chi connectivity index (χ2n) is 9.53. The van der Waals surface area contributed by atoms with Gasteiger partial charge in [0, 0.05) is 5.69 Å². The monoisotopic (exact) mass is 551 g/mol. The van der Waals surface area contributed by atoms with Gasteiger partial charge in [0.1, 0.15) is 10.6 Å². The van der Waals surface area contributed by atoms with Crippen molar-refractivity contribution in [1.82, 2.24) is 0 Å². The third-order valence-corrected chi connectivity index (χ3v) is 8.17. The molecule has 0 amide bonds. The van der Waals surface area contributed by atoms with Crippen LogP contribution < -0.4 is 4.72 Å². The van der Waals surface area contributed by atoms with Gasteiger partial charge in [0.15, 0.2) is 0 Å². The third kappa shape index (κ3) is 12.2. The molecule has 0 bridgehead atoms. The first-order chi connectivity index (χ1) is 17.8. The minimum absolute atomic E-state index is 0.00481. The van der Waals surface area contributed by atoms with Gasteiger partial charge in [-0.3, -0.25) is 4.72 Å². The molecule has 0 unspecified atom stereocenters. The fourth-order valence-electron chi connectivity index (χ4n) is 4.12. The summed E-state index contributed by atoms with van der Waals surface area (Å²) in [5, 5.41) is 9.36. The molecule has 6 nitrogen and oxygen atoms in total. The van der Waals surface area contributed by atoms with Gasteiger partial charge >= 0.3 is 5.97 Å². The molecule has 37 heavy (non-hydrogen) atoms. The fourth-order valence-corrected chi connectivity index (χ4v) is 5.71. The number of hydrogen-bond donors (Lipinski definition) is 2. The number of sulfonamides is 1. The maximum atomic E-state index is 12.8. The van der Waals surface area contributed by atoms with E-state index in [9.17, 15) is 18.3 Å². The second-order valence-corrected chi connectivity index (χ2v) is 11.6. The van der Waals surface area contributed by atoms with Crippen LogP contribution >= 0.6 is 11.6 Å². The molecule has 0 atom stereocenters. The summed E-state index contributed by atoms with van der Waals surface area (Å²) in [6, 6.07) is 9.63. The summed E-state index contributed by atoms with van der Waals surface area (Å²) < 4.78 is 33.3. The van der Waals surface area contributed by atoms with Crippen LogP contribution in [0, 0.1) is 0 Å². The van der Waals surface area contributed by atoms with Gasteiger partial charge in [-0.2, -0.15) is 0 Å². The van der Waals surface area contributed by atoms with Crippen molar-refractivity contribution in [1.29, 1.82) is 0 Å². The van der Waals surface area contributed by atoms with Gasteiger partial charge in [-0.15, -0.1) is 0 Å². The Morgan fingerprint density at radius 1 is 0.811 bits per heavy atom. The Kier molecular flexibility index (Phi) is 14.5. The topological polar surface area (TPSA) is 92.7 Å². The van der Waals surface area contributed by atoms with E-state index in [0.29, 0.717) is 6.61 Å². The lowest BCUT2D eigenvalue weighted by atomic mass is 10.0. The first-order valence-corrected chi connectivity index (χ1v) is 15.5. The zero-order valence-electron chi connectivity index (χ0n) is 22.0. The third-order valence-electron chi connectivity index (χ3n) is 6.31. The van der Waals surface area contributed by atoms with Crippen LogP contribution in [0.15, 0.2) is 47.4 Å². The highest BCUT2D eigenvalue weighted by Crippen LogP contribution is 2.26. The number of hydrogen-bond acceptors (Lipinski definition) is 5. The molecular formula is C29H42ClNO5S. The van der Waals surface area contributed by atoms with Gasteiger partial charge in [-0.05, 0) is 48.9 Å². The van der Waals surface area contributed by atoms with Gasteiger partial charge in [0.25, 0.3) is 10.0 Å². The molecule has 0 saturated heterocycles. The zero-order valence-corrected chi connectivity index (χ0v) is 23.6. The molecule has 2 aromatic carbocycles. The van der Waals surface area contributed by atoms with Crippen LogP contribution in [0.25, 0.3) is 0 Å². The van der Waals surface area contributed by atoms with Gasteiger partial charge in [-0.25, -0.2) is 13.2 Å². The Morgan fingerprint density at radius 2 is 1.32 bits per heavy atom. The van der Waals surface area contributed by atoms with Gasteiger partial charge < -0.3 is 9.84 Å².